The molecule has 14 heteroatoms. The number of hydrogen-bond donors (Lipinski definition) is 3. The molecule has 8 aromatic heterocycles. The van der Waals surface area contributed by atoms with E-state index in [4.69, 9.17) is 49.0 Å². The Kier molecular flexibility index (Phi) is 16.5. The summed E-state index contributed by atoms with van der Waals surface area (Å²) in [7, 11) is 0. The van der Waals surface area contributed by atoms with E-state index in [2.05, 4.69) is 303 Å². The van der Waals surface area contributed by atoms with Crippen molar-refractivity contribution < 1.29 is 27.4 Å². The molecule has 1 aliphatic carbocycles. The fourth-order valence-electron chi connectivity index (χ4n) is 17.7. The van der Waals surface area contributed by atoms with Gasteiger partial charge in [-0.25, -0.2) is 9.97 Å². The minimum atomic E-state index is -0.613. The first-order valence-corrected chi connectivity index (χ1v) is 44.0. The Balaban J connectivity index is 0.000000115. The standard InChI is InChI=1S/C45H29N5.C30H20N2.C18H11N2.C15H10ClN3.C12H9Br/c1-4-15-30(16-5-1)33-21-14-22-34(29-33)49-39-25-12-10-23-35(39)37-27-28-38-36-24-11-13-26-40(36)50(42(38)41(37)49)45-47-43(31-17-6-2-7-18-31)46-44(48-45)32-19-8-3-9-20-32;1-2-9-20(10-3-1)21-11-8-12-22(19-21)32-28-16-7-5-14-24(28)26-18-17-25-23-13-4-6-15-27(23)31-29(25)30(26)32;1-3-7-15-11(5-1)13-9-10-14-12-6-2-4-8-16(12)20-18(14)17(13)19-15;16-15-18-13(11-7-3-1-4-8-11)17-14(19-15)12-9-5-2-6-10-12;13-12-8-4-7-11(9-12)10-5-2-1-3-6-10/h1-29H;1-19,31H;1,3-10,19-20H;1-10H;1-9H/q;;+1;;/i2D,3D,6D,7D,8D,9D,17D,18D,19D,20D;;;1D,2D,3D,4D,5D,6D,7D,8D,9D,10D;. The van der Waals surface area contributed by atoms with Crippen LogP contribution in [0.2, 0.25) is 5.28 Å². The number of halogens is 2. The summed E-state index contributed by atoms with van der Waals surface area (Å²) in [5.41, 5.74) is 21.4. The number of fused-ring (bicyclic) bond motifs is 21. The van der Waals surface area contributed by atoms with Crippen LogP contribution in [0.3, 0.4) is 0 Å². The van der Waals surface area contributed by atoms with E-state index in [9.17, 15) is 0 Å². The smallest absolute Gasteiger partial charge is 0.238 e. The molecule has 1 aliphatic rings. The van der Waals surface area contributed by atoms with Gasteiger partial charge in [-0.2, -0.15) is 19.9 Å². The predicted molar refractivity (Wildman–Crippen MR) is 560 cm³/mol. The maximum absolute atomic E-state index is 8.87. The molecule has 0 aliphatic heterocycles. The van der Waals surface area contributed by atoms with E-state index in [0.29, 0.717) is 11.0 Å². The zero-order chi connectivity index (χ0) is 107. The average Bonchev–Trinajstić information content (AvgIpc) is 1.54. The number of nitrogens with zero attached hydrogens (tertiary/aromatic N) is 9. The topological polar surface area (TPSA) is 140 Å². The van der Waals surface area contributed by atoms with Crippen LogP contribution >= 0.6 is 27.5 Å². The van der Waals surface area contributed by atoms with Crippen molar-refractivity contribution in [3.05, 3.63) is 476 Å². The minimum absolute atomic E-state index is 0.0674. The van der Waals surface area contributed by atoms with Crippen LogP contribution in [0.5, 0.6) is 0 Å². The van der Waals surface area contributed by atoms with Gasteiger partial charge in [0.1, 0.15) is 17.7 Å². The van der Waals surface area contributed by atoms with E-state index in [1.165, 1.54) is 110 Å². The van der Waals surface area contributed by atoms with Crippen molar-refractivity contribution in [2.75, 3.05) is 0 Å². The molecular formula is C120H79BrClN12+. The second kappa shape index (κ2) is 35.6. The zero-order valence-corrected chi connectivity index (χ0v) is 73.0. The van der Waals surface area contributed by atoms with Crippen LogP contribution < -0.4 is 0 Å². The van der Waals surface area contributed by atoms with E-state index in [1.54, 1.807) is 0 Å². The van der Waals surface area contributed by atoms with Crippen molar-refractivity contribution in [2.24, 2.45) is 0 Å². The van der Waals surface area contributed by atoms with Crippen LogP contribution in [0.4, 0.5) is 0 Å². The van der Waals surface area contributed by atoms with E-state index in [0.717, 1.165) is 59.6 Å². The highest BCUT2D eigenvalue weighted by atomic mass is 79.9. The van der Waals surface area contributed by atoms with Gasteiger partial charge in [0.15, 0.2) is 29.0 Å². The molecule has 0 unspecified atom stereocenters. The van der Waals surface area contributed by atoms with Crippen LogP contribution in [0, 0.1) is 6.08 Å². The number of allylic oxidation sites excluding steroid dienone is 2. The number of H-pyrrole nitrogens is 3. The minimum Gasteiger partial charge on any atom is -0.353 e. The Bertz CT molecular complexity index is 10000. The normalized spacial score (nSPS) is 13.6. The molecule has 134 heavy (non-hydrogen) atoms. The Morgan fingerprint density at radius 3 is 1.10 bits per heavy atom. The molecule has 18 aromatic carbocycles. The molecule has 632 valence electrons. The van der Waals surface area contributed by atoms with Gasteiger partial charge in [0.05, 0.1) is 88.5 Å². The highest BCUT2D eigenvalue weighted by Gasteiger charge is 2.26. The van der Waals surface area contributed by atoms with Crippen molar-refractivity contribution in [3.8, 4) is 96.3 Å². The van der Waals surface area contributed by atoms with Gasteiger partial charge in [0, 0.05) is 109 Å². The summed E-state index contributed by atoms with van der Waals surface area (Å²) in [6.45, 7) is 0. The molecule has 0 amide bonds. The number of hydrogen-bond acceptors (Lipinski definition) is 6. The lowest BCUT2D eigenvalue weighted by atomic mass is 10.1. The molecule has 3 N–H and O–H groups in total. The van der Waals surface area contributed by atoms with Crippen LogP contribution in [-0.2, 0) is 0 Å². The molecule has 27 rings (SSSR count). The van der Waals surface area contributed by atoms with Crippen molar-refractivity contribution in [1.82, 2.24) is 58.6 Å². The molecule has 0 saturated carbocycles. The van der Waals surface area contributed by atoms with E-state index in [1.807, 2.05) is 108 Å². The van der Waals surface area contributed by atoms with Crippen LogP contribution in [0.15, 0.2) is 453 Å². The highest BCUT2D eigenvalue weighted by Crippen LogP contribution is 2.45. The number of aromatic nitrogens is 12. The van der Waals surface area contributed by atoms with Crippen molar-refractivity contribution in [1.29, 1.82) is 0 Å². The first-order valence-electron chi connectivity index (χ1n) is 52.9. The summed E-state index contributed by atoms with van der Waals surface area (Å²) in [5, 5.41) is 12.0. The molecule has 12 nitrogen and oxygen atoms in total. The quantitative estimate of drug-likeness (QED) is 0.117. The van der Waals surface area contributed by atoms with Gasteiger partial charge in [-0.3, -0.25) is 4.57 Å². The molecule has 8 heterocycles. The summed E-state index contributed by atoms with van der Waals surface area (Å²) in [4.78, 5) is 36.6. The summed E-state index contributed by atoms with van der Waals surface area (Å²) in [6, 6.07) is 99.0. The van der Waals surface area contributed by atoms with E-state index < -0.39 is 126 Å². The van der Waals surface area contributed by atoms with Gasteiger partial charge in [0.25, 0.3) is 0 Å². The van der Waals surface area contributed by atoms with Gasteiger partial charge in [-0.15, -0.1) is 0 Å². The third-order valence-electron chi connectivity index (χ3n) is 23.6. The second-order valence-corrected chi connectivity index (χ2v) is 32.6. The summed E-state index contributed by atoms with van der Waals surface area (Å²) in [5.74, 6) is -1.52. The van der Waals surface area contributed by atoms with Gasteiger partial charge < -0.3 is 24.1 Å². The highest BCUT2D eigenvalue weighted by molar-refractivity contribution is 9.10. The maximum Gasteiger partial charge on any atom is 0.238 e. The van der Waals surface area contributed by atoms with E-state index >= 15 is 0 Å². The van der Waals surface area contributed by atoms with Gasteiger partial charge in [0.2, 0.25) is 11.2 Å². The monoisotopic (exact) mass is 1820 g/mol. The Labute approximate surface area is 812 Å². The lowest BCUT2D eigenvalue weighted by Gasteiger charge is -2.14. The fraction of sp³-hybridized carbons (Fsp3) is 0. The number of nitrogens with one attached hydrogen (secondary N) is 3. The van der Waals surface area contributed by atoms with Crippen molar-refractivity contribution >= 4 is 160 Å². The molecule has 0 atom stereocenters. The molecule has 0 bridgehead atoms. The van der Waals surface area contributed by atoms with Crippen molar-refractivity contribution in [3.63, 3.8) is 0 Å². The SMILES string of the molecule is Brc1cccc(-c2ccccc2)c1.[2H]c1c([2H])c([2H])c(-c2nc(-c3c([2H])c([2H])c([2H])c([2H])c3[2H])nc(-n3c4ccccc4c4ccc5c6ccccc6n(-c6cccc(-c7ccccc7)c6)c5c43)n2)c([2H])c1[2H].[2H]c1c([2H])c([2H])c(-c2nc(Cl)nc(-c3c([2H])c([2H])c([2H])c([2H])c3[2H])n2)c([2H])c1[2H].[C+]1=Cc2c([nH]c3c2ccc2c4ccccc4[nH]c23)C=C1.c1ccc(-c2cccc(-n3c4ccccc4c4ccc5c6ccccc6[nH]c5c43)c2)cc1. The zero-order valence-electron chi connectivity index (χ0n) is 90.6. The molecular weight excluding hydrogens is 1720 g/mol. The Morgan fingerprint density at radius 1 is 0.276 bits per heavy atom. The van der Waals surface area contributed by atoms with Gasteiger partial charge >= 0.3 is 0 Å². The molecule has 0 radical (unpaired) electrons. The number of para-hydroxylation sites is 5. The van der Waals surface area contributed by atoms with Crippen LogP contribution in [0.1, 0.15) is 38.7 Å². The predicted octanol–water partition coefficient (Wildman–Crippen LogP) is 31.8. The van der Waals surface area contributed by atoms with Gasteiger partial charge in [-0.05, 0) is 118 Å². The summed E-state index contributed by atoms with van der Waals surface area (Å²) in [6.07, 6.45) is 9.22. The third-order valence-corrected chi connectivity index (χ3v) is 24.2. The summed E-state index contributed by atoms with van der Waals surface area (Å²) >= 11 is 9.37. The first-order chi connectivity index (χ1) is 74.6. The second-order valence-electron chi connectivity index (χ2n) is 31.4. The molecule has 0 spiro atoms. The number of aromatic amines is 3. The van der Waals surface area contributed by atoms with E-state index in [-0.39, 0.29) is 51.5 Å². The Hall–Kier alpha value is -17.3. The molecule has 0 fully saturated rings. The summed E-state index contributed by atoms with van der Waals surface area (Å²) < 4.78 is 172. The molecule has 26 aromatic rings. The largest absolute Gasteiger partial charge is 0.353 e. The maximum atomic E-state index is 8.87. The third kappa shape index (κ3) is 15.5. The fourth-order valence-corrected chi connectivity index (χ4v) is 18.3. The lowest BCUT2D eigenvalue weighted by Crippen LogP contribution is -2.07. The average molecular weight is 1820 g/mol. The lowest BCUT2D eigenvalue weighted by molar-refractivity contribution is 0.953. The van der Waals surface area contributed by atoms with Crippen LogP contribution in [0.25, 0.3) is 228 Å². The van der Waals surface area contributed by atoms with Crippen LogP contribution in [-0.4, -0.2) is 58.6 Å². The Morgan fingerprint density at radius 2 is 0.627 bits per heavy atom. The number of benzene rings is 18. The van der Waals surface area contributed by atoms with Gasteiger partial charge in [-0.1, -0.05) is 385 Å². The first kappa shape index (κ1) is 62.0. The number of rotatable bonds is 10. The van der Waals surface area contributed by atoms with Crippen molar-refractivity contribution in [2.45, 2.75) is 0 Å². The molecule has 0 saturated heterocycles.